The molecule has 0 bridgehead atoms. The monoisotopic (exact) mass is 341 g/mol. The smallest absolute Gasteiger partial charge is 0.175 e. The summed E-state index contributed by atoms with van der Waals surface area (Å²) < 4.78 is 29.6. The second kappa shape index (κ2) is 6.63. The Hall–Kier alpha value is -2.37. The van der Waals surface area contributed by atoms with E-state index in [0.717, 1.165) is 16.3 Å². The molecule has 0 spiro atoms. The van der Waals surface area contributed by atoms with E-state index in [0.29, 0.717) is 24.5 Å². The van der Waals surface area contributed by atoms with Gasteiger partial charge in [-0.05, 0) is 53.6 Å². The van der Waals surface area contributed by atoms with Crippen molar-refractivity contribution in [2.24, 2.45) is 5.73 Å². The van der Waals surface area contributed by atoms with Crippen LogP contribution in [0.4, 0.5) is 0 Å². The quantitative estimate of drug-likeness (QED) is 0.771. The van der Waals surface area contributed by atoms with Gasteiger partial charge in [-0.3, -0.25) is 0 Å². The molecule has 0 aliphatic rings. The molecule has 3 aromatic rings. The Morgan fingerprint density at radius 3 is 2.42 bits per heavy atom. The lowest BCUT2D eigenvalue weighted by Crippen LogP contribution is -2.05. The first-order valence-corrected chi connectivity index (χ1v) is 9.56. The lowest BCUT2D eigenvalue weighted by Gasteiger charge is -2.13. The van der Waals surface area contributed by atoms with Crippen molar-refractivity contribution in [3.05, 3.63) is 66.2 Å². The maximum Gasteiger partial charge on any atom is 0.175 e. The maximum absolute atomic E-state index is 11.8. The Morgan fingerprint density at radius 2 is 1.71 bits per heavy atom. The van der Waals surface area contributed by atoms with Gasteiger partial charge in [0.1, 0.15) is 11.5 Å². The van der Waals surface area contributed by atoms with Gasteiger partial charge in [-0.15, -0.1) is 0 Å². The molecule has 0 fully saturated rings. The Labute approximate surface area is 141 Å². The van der Waals surface area contributed by atoms with Crippen molar-refractivity contribution < 1.29 is 13.2 Å². The molecule has 24 heavy (non-hydrogen) atoms. The van der Waals surface area contributed by atoms with Crippen LogP contribution in [0, 0.1) is 0 Å². The molecule has 0 aliphatic heterocycles. The molecule has 4 nitrogen and oxygen atoms in total. The number of hydrogen-bond donors (Lipinski definition) is 1. The van der Waals surface area contributed by atoms with Crippen LogP contribution in [0.2, 0.25) is 0 Å². The van der Waals surface area contributed by atoms with E-state index in [2.05, 4.69) is 0 Å². The van der Waals surface area contributed by atoms with E-state index in [1.165, 1.54) is 6.26 Å². The number of hydrogen-bond acceptors (Lipinski definition) is 4. The van der Waals surface area contributed by atoms with Crippen LogP contribution in [-0.2, 0) is 16.3 Å². The summed E-state index contributed by atoms with van der Waals surface area (Å²) in [5, 5.41) is 2.19. The molecule has 0 atom stereocenters. The topological polar surface area (TPSA) is 69.4 Å². The minimum Gasteiger partial charge on any atom is -0.457 e. The first-order valence-electron chi connectivity index (χ1n) is 7.67. The molecule has 124 valence electrons. The number of rotatable bonds is 5. The molecule has 0 aliphatic carbocycles. The first-order chi connectivity index (χ1) is 11.5. The molecule has 0 saturated carbocycles. The lowest BCUT2D eigenvalue weighted by atomic mass is 10.1. The number of ether oxygens (including phenoxy) is 1. The average Bonchev–Trinajstić information content (AvgIpc) is 2.55. The van der Waals surface area contributed by atoms with Gasteiger partial charge in [0.15, 0.2) is 9.84 Å². The average molecular weight is 341 g/mol. The summed E-state index contributed by atoms with van der Waals surface area (Å²) in [6, 6.07) is 18.7. The Morgan fingerprint density at radius 1 is 0.958 bits per heavy atom. The highest BCUT2D eigenvalue weighted by Crippen LogP contribution is 2.30. The molecule has 0 radical (unpaired) electrons. The maximum atomic E-state index is 11.8. The van der Waals surface area contributed by atoms with E-state index in [1.54, 1.807) is 18.2 Å². The van der Waals surface area contributed by atoms with Gasteiger partial charge in [0.2, 0.25) is 0 Å². The van der Waals surface area contributed by atoms with Gasteiger partial charge in [-0.1, -0.05) is 36.4 Å². The highest BCUT2D eigenvalue weighted by molar-refractivity contribution is 7.90. The van der Waals surface area contributed by atoms with Crippen molar-refractivity contribution in [3.8, 4) is 11.5 Å². The van der Waals surface area contributed by atoms with Crippen molar-refractivity contribution in [1.29, 1.82) is 0 Å². The largest absolute Gasteiger partial charge is 0.457 e. The molecule has 0 heterocycles. The molecule has 0 aromatic heterocycles. The summed E-state index contributed by atoms with van der Waals surface area (Å²) >= 11 is 0. The van der Waals surface area contributed by atoms with Gasteiger partial charge in [0.25, 0.3) is 0 Å². The van der Waals surface area contributed by atoms with Crippen molar-refractivity contribution in [2.45, 2.75) is 11.3 Å². The van der Waals surface area contributed by atoms with Gasteiger partial charge in [0.05, 0.1) is 4.90 Å². The summed E-state index contributed by atoms with van der Waals surface area (Å²) in [5.41, 5.74) is 6.53. The molecular formula is C19H19NO3S. The molecule has 3 rings (SSSR count). The Bertz CT molecular complexity index is 981. The van der Waals surface area contributed by atoms with Gasteiger partial charge in [-0.25, -0.2) is 8.42 Å². The highest BCUT2D eigenvalue weighted by Gasteiger charge is 2.12. The molecule has 0 saturated heterocycles. The van der Waals surface area contributed by atoms with Gasteiger partial charge in [-0.2, -0.15) is 0 Å². The van der Waals surface area contributed by atoms with Crippen molar-refractivity contribution in [3.63, 3.8) is 0 Å². The number of benzene rings is 3. The summed E-state index contributed by atoms with van der Waals surface area (Å²) in [6.45, 7) is 0.465. The first kappa shape index (κ1) is 16.5. The van der Waals surface area contributed by atoms with E-state index in [4.69, 9.17) is 10.5 Å². The van der Waals surface area contributed by atoms with Crippen molar-refractivity contribution in [2.75, 3.05) is 12.8 Å². The molecule has 3 aromatic carbocycles. The van der Waals surface area contributed by atoms with Gasteiger partial charge >= 0.3 is 0 Å². The van der Waals surface area contributed by atoms with E-state index in [1.807, 2.05) is 42.5 Å². The van der Waals surface area contributed by atoms with Crippen molar-refractivity contribution in [1.82, 2.24) is 0 Å². The fraction of sp³-hybridized carbons (Fsp3) is 0.158. The molecule has 2 N–H and O–H groups in total. The third-order valence-corrected chi connectivity index (χ3v) is 4.94. The highest BCUT2D eigenvalue weighted by atomic mass is 32.2. The zero-order valence-electron chi connectivity index (χ0n) is 13.4. The number of fused-ring (bicyclic) bond motifs is 1. The molecule has 0 unspecified atom stereocenters. The van der Waals surface area contributed by atoms with E-state index in [-0.39, 0.29) is 4.90 Å². The Balaban J connectivity index is 2.02. The third kappa shape index (κ3) is 3.58. The van der Waals surface area contributed by atoms with Crippen LogP contribution in [0.5, 0.6) is 11.5 Å². The predicted molar refractivity (Wildman–Crippen MR) is 96.3 cm³/mol. The minimum absolute atomic E-state index is 0.235. The standard InChI is InChI=1S/C19H19NO3S/c1-24(21,22)18-9-7-15(10-11-20)19(13-18)23-17-8-6-14-4-2-3-5-16(14)12-17/h2-9,12-13H,10-11,20H2,1H3. The zero-order chi connectivity index (χ0) is 17.2. The van der Waals surface area contributed by atoms with Crippen LogP contribution in [0.25, 0.3) is 10.8 Å². The fourth-order valence-corrected chi connectivity index (χ4v) is 3.22. The zero-order valence-corrected chi connectivity index (χ0v) is 14.2. The van der Waals surface area contributed by atoms with E-state index >= 15 is 0 Å². The van der Waals surface area contributed by atoms with Crippen LogP contribution in [0.1, 0.15) is 5.56 Å². The van der Waals surface area contributed by atoms with E-state index < -0.39 is 9.84 Å². The predicted octanol–water partition coefficient (Wildman–Crippen LogP) is 3.54. The summed E-state index contributed by atoms with van der Waals surface area (Å²) in [4.78, 5) is 0.235. The van der Waals surface area contributed by atoms with E-state index in [9.17, 15) is 8.42 Å². The number of sulfone groups is 1. The molecule has 5 heteroatoms. The third-order valence-electron chi connectivity index (χ3n) is 3.83. The number of nitrogens with two attached hydrogens (primary N) is 1. The minimum atomic E-state index is -3.30. The van der Waals surface area contributed by atoms with Crippen molar-refractivity contribution >= 4 is 20.6 Å². The summed E-state index contributed by atoms with van der Waals surface area (Å²) in [6.07, 6.45) is 1.80. The van der Waals surface area contributed by atoms with Crippen LogP contribution >= 0.6 is 0 Å². The summed E-state index contributed by atoms with van der Waals surface area (Å²) in [5.74, 6) is 1.19. The van der Waals surface area contributed by atoms with Crippen LogP contribution in [0.3, 0.4) is 0 Å². The fourth-order valence-electron chi connectivity index (χ4n) is 2.58. The normalized spacial score (nSPS) is 11.6. The van der Waals surface area contributed by atoms with Crippen LogP contribution in [0.15, 0.2) is 65.6 Å². The van der Waals surface area contributed by atoms with Crippen LogP contribution in [-0.4, -0.2) is 21.2 Å². The summed E-state index contributed by atoms with van der Waals surface area (Å²) in [7, 11) is -3.30. The molecule has 0 amide bonds. The second-order valence-corrected chi connectivity index (χ2v) is 7.71. The SMILES string of the molecule is CS(=O)(=O)c1ccc(CCN)c(Oc2ccc3ccccc3c2)c1. The lowest BCUT2D eigenvalue weighted by molar-refractivity contribution is 0.475. The van der Waals surface area contributed by atoms with Gasteiger partial charge < -0.3 is 10.5 Å². The van der Waals surface area contributed by atoms with Crippen LogP contribution < -0.4 is 10.5 Å². The second-order valence-electron chi connectivity index (χ2n) is 5.69. The Kier molecular flexibility index (Phi) is 4.55. The van der Waals surface area contributed by atoms with Gasteiger partial charge in [0, 0.05) is 6.26 Å². The molecular weight excluding hydrogens is 322 g/mol.